The topological polar surface area (TPSA) is 103 Å². The summed E-state index contributed by atoms with van der Waals surface area (Å²) < 4.78 is 15.4. The fourth-order valence-corrected chi connectivity index (χ4v) is 2.59. The zero-order valence-electron chi connectivity index (χ0n) is 17.7. The number of carbonyl (C=O) groups is 3. The van der Waals surface area contributed by atoms with Gasteiger partial charge >= 0.3 is 5.97 Å². The minimum atomic E-state index is -1.05. The van der Waals surface area contributed by atoms with Gasteiger partial charge in [0, 0.05) is 17.3 Å². The highest BCUT2D eigenvalue weighted by Crippen LogP contribution is 2.29. The van der Waals surface area contributed by atoms with Gasteiger partial charge in [-0.3, -0.25) is 14.4 Å². The Balaban J connectivity index is 1.86. The van der Waals surface area contributed by atoms with Gasteiger partial charge in [-0.1, -0.05) is 6.07 Å². The molecule has 2 aromatic rings. The van der Waals surface area contributed by atoms with Crippen LogP contribution in [0.5, 0.6) is 11.5 Å². The van der Waals surface area contributed by atoms with Crippen LogP contribution in [0.3, 0.4) is 0 Å². The summed E-state index contributed by atoms with van der Waals surface area (Å²) in [5.74, 6) is -0.654. The van der Waals surface area contributed by atoms with Gasteiger partial charge in [0.05, 0.1) is 14.2 Å². The van der Waals surface area contributed by atoms with E-state index in [1.165, 1.54) is 21.1 Å². The minimum Gasteiger partial charge on any atom is -0.493 e. The lowest BCUT2D eigenvalue weighted by atomic mass is 10.1. The Morgan fingerprint density at radius 1 is 0.933 bits per heavy atom. The number of nitrogens with one attached hydrogen (secondary N) is 2. The molecule has 0 saturated carbocycles. The summed E-state index contributed by atoms with van der Waals surface area (Å²) in [5.41, 5.74) is 2.96. The van der Waals surface area contributed by atoms with Crippen molar-refractivity contribution in [1.29, 1.82) is 0 Å². The van der Waals surface area contributed by atoms with Crippen molar-refractivity contribution in [1.82, 2.24) is 5.32 Å². The van der Waals surface area contributed by atoms with E-state index >= 15 is 0 Å². The molecule has 30 heavy (non-hydrogen) atoms. The average Bonchev–Trinajstić information content (AvgIpc) is 2.73. The molecule has 1 atom stereocenters. The molecule has 0 radical (unpaired) electrons. The molecule has 160 valence electrons. The van der Waals surface area contributed by atoms with Crippen LogP contribution in [-0.2, 0) is 14.3 Å². The van der Waals surface area contributed by atoms with E-state index in [2.05, 4.69) is 10.6 Å². The SMILES string of the molecule is COc1ccc(NC(=O)[C@H](C)OC(=O)CNC(=O)c2ccc(C)c(C)c2)cc1OC. The first kappa shape index (κ1) is 22.7. The van der Waals surface area contributed by atoms with Crippen molar-refractivity contribution < 1.29 is 28.6 Å². The molecule has 0 aliphatic heterocycles. The second-order valence-electron chi connectivity index (χ2n) is 6.67. The summed E-state index contributed by atoms with van der Waals surface area (Å²) >= 11 is 0. The highest BCUT2D eigenvalue weighted by Gasteiger charge is 2.19. The molecule has 2 amide bonds. The first-order valence-corrected chi connectivity index (χ1v) is 9.33. The summed E-state index contributed by atoms with van der Waals surface area (Å²) in [7, 11) is 3.00. The monoisotopic (exact) mass is 414 g/mol. The summed E-state index contributed by atoms with van der Waals surface area (Å²) in [6, 6.07) is 10.1. The molecule has 0 saturated heterocycles. The first-order chi connectivity index (χ1) is 14.2. The van der Waals surface area contributed by atoms with E-state index in [1.54, 1.807) is 30.3 Å². The third-order valence-electron chi connectivity index (χ3n) is 4.49. The Labute approximate surface area is 175 Å². The maximum atomic E-state index is 12.3. The van der Waals surface area contributed by atoms with Crippen LogP contribution in [0.15, 0.2) is 36.4 Å². The van der Waals surface area contributed by atoms with E-state index in [4.69, 9.17) is 14.2 Å². The Bertz CT molecular complexity index is 941. The highest BCUT2D eigenvalue weighted by atomic mass is 16.5. The van der Waals surface area contributed by atoms with Crippen molar-refractivity contribution >= 4 is 23.5 Å². The predicted molar refractivity (Wildman–Crippen MR) is 112 cm³/mol. The van der Waals surface area contributed by atoms with Crippen LogP contribution in [0.1, 0.15) is 28.4 Å². The van der Waals surface area contributed by atoms with Crippen molar-refractivity contribution in [3.05, 3.63) is 53.1 Å². The fourth-order valence-electron chi connectivity index (χ4n) is 2.59. The van der Waals surface area contributed by atoms with E-state index in [-0.39, 0.29) is 6.54 Å². The number of hydrogen-bond acceptors (Lipinski definition) is 6. The van der Waals surface area contributed by atoms with Gasteiger partial charge < -0.3 is 24.8 Å². The molecule has 0 bridgehead atoms. The molecule has 0 fully saturated rings. The third kappa shape index (κ3) is 5.97. The molecule has 2 rings (SSSR count). The quantitative estimate of drug-likeness (QED) is 0.644. The summed E-state index contributed by atoms with van der Waals surface area (Å²) in [4.78, 5) is 36.4. The second kappa shape index (κ2) is 10.3. The molecule has 0 aliphatic rings. The maximum Gasteiger partial charge on any atom is 0.326 e. The molecular formula is C22H26N2O6. The number of esters is 1. The van der Waals surface area contributed by atoms with Gasteiger partial charge in [0.25, 0.3) is 11.8 Å². The lowest BCUT2D eigenvalue weighted by Crippen LogP contribution is -2.35. The van der Waals surface area contributed by atoms with Gasteiger partial charge in [-0.05, 0) is 56.2 Å². The van der Waals surface area contributed by atoms with E-state index in [0.717, 1.165) is 11.1 Å². The van der Waals surface area contributed by atoms with Crippen molar-refractivity contribution in [2.75, 3.05) is 26.1 Å². The molecule has 0 spiro atoms. The van der Waals surface area contributed by atoms with E-state index in [1.807, 2.05) is 19.9 Å². The number of carbonyl (C=O) groups excluding carboxylic acids is 3. The fraction of sp³-hybridized carbons (Fsp3) is 0.318. The Hall–Kier alpha value is -3.55. The van der Waals surface area contributed by atoms with Crippen LogP contribution in [0.2, 0.25) is 0 Å². The summed E-state index contributed by atoms with van der Waals surface area (Å²) in [6.07, 6.45) is -1.05. The molecule has 0 heterocycles. The standard InChI is InChI=1S/C22H26N2O6/c1-13-6-7-16(10-14(13)2)22(27)23-12-20(25)30-15(3)21(26)24-17-8-9-18(28-4)19(11-17)29-5/h6-11,15H,12H2,1-5H3,(H,23,27)(H,24,26)/t15-/m0/s1. The maximum absolute atomic E-state index is 12.3. The van der Waals surface area contributed by atoms with Gasteiger partial charge in [-0.2, -0.15) is 0 Å². The predicted octanol–water partition coefficient (Wildman–Crippen LogP) is 2.62. The molecule has 0 unspecified atom stereocenters. The number of ether oxygens (including phenoxy) is 3. The molecule has 2 aromatic carbocycles. The van der Waals surface area contributed by atoms with Crippen molar-refractivity contribution in [2.24, 2.45) is 0 Å². The number of anilines is 1. The average molecular weight is 414 g/mol. The third-order valence-corrected chi connectivity index (χ3v) is 4.49. The van der Waals surface area contributed by atoms with E-state index in [0.29, 0.717) is 22.7 Å². The number of rotatable bonds is 8. The van der Waals surface area contributed by atoms with E-state index < -0.39 is 23.9 Å². The number of aryl methyl sites for hydroxylation is 2. The van der Waals surface area contributed by atoms with Crippen LogP contribution in [0.25, 0.3) is 0 Å². The van der Waals surface area contributed by atoms with Crippen molar-refractivity contribution in [3.63, 3.8) is 0 Å². The van der Waals surface area contributed by atoms with Gasteiger partial charge in [-0.25, -0.2) is 0 Å². The van der Waals surface area contributed by atoms with Crippen molar-refractivity contribution in [2.45, 2.75) is 26.9 Å². The number of methoxy groups -OCH3 is 2. The van der Waals surface area contributed by atoms with Crippen LogP contribution in [0, 0.1) is 13.8 Å². The van der Waals surface area contributed by atoms with E-state index in [9.17, 15) is 14.4 Å². The summed E-state index contributed by atoms with van der Waals surface area (Å²) in [6.45, 7) is 4.95. The number of hydrogen-bond donors (Lipinski definition) is 2. The van der Waals surface area contributed by atoms with Crippen LogP contribution >= 0.6 is 0 Å². The van der Waals surface area contributed by atoms with Gasteiger partial charge in [0.2, 0.25) is 0 Å². The normalized spacial score (nSPS) is 11.2. The number of benzene rings is 2. The molecule has 0 aromatic heterocycles. The molecule has 0 aliphatic carbocycles. The Morgan fingerprint density at radius 2 is 1.63 bits per heavy atom. The minimum absolute atomic E-state index is 0.347. The molecule has 8 heteroatoms. The first-order valence-electron chi connectivity index (χ1n) is 9.33. The largest absolute Gasteiger partial charge is 0.493 e. The van der Waals surface area contributed by atoms with Crippen LogP contribution in [-0.4, -0.2) is 44.7 Å². The molecule has 8 nitrogen and oxygen atoms in total. The summed E-state index contributed by atoms with van der Waals surface area (Å²) in [5, 5.41) is 5.13. The lowest BCUT2D eigenvalue weighted by molar-refractivity contribution is -0.152. The zero-order chi connectivity index (χ0) is 22.3. The molecule has 2 N–H and O–H groups in total. The van der Waals surface area contributed by atoms with Crippen LogP contribution in [0.4, 0.5) is 5.69 Å². The lowest BCUT2D eigenvalue weighted by Gasteiger charge is -2.15. The Morgan fingerprint density at radius 3 is 2.27 bits per heavy atom. The van der Waals surface area contributed by atoms with Gasteiger partial charge in [-0.15, -0.1) is 0 Å². The van der Waals surface area contributed by atoms with Gasteiger partial charge in [0.1, 0.15) is 6.54 Å². The zero-order valence-corrected chi connectivity index (χ0v) is 17.7. The van der Waals surface area contributed by atoms with Crippen molar-refractivity contribution in [3.8, 4) is 11.5 Å². The Kier molecular flexibility index (Phi) is 7.80. The number of amides is 2. The van der Waals surface area contributed by atoms with Gasteiger partial charge in [0.15, 0.2) is 17.6 Å². The molecular weight excluding hydrogens is 388 g/mol. The smallest absolute Gasteiger partial charge is 0.326 e. The van der Waals surface area contributed by atoms with Crippen LogP contribution < -0.4 is 20.1 Å². The highest BCUT2D eigenvalue weighted by molar-refractivity contribution is 5.97. The second-order valence-corrected chi connectivity index (χ2v) is 6.67.